The van der Waals surface area contributed by atoms with Crippen molar-refractivity contribution in [3.05, 3.63) is 23.3 Å². The van der Waals surface area contributed by atoms with Crippen molar-refractivity contribution in [2.45, 2.75) is 38.1 Å². The maximum absolute atomic E-state index is 12.1. The Morgan fingerprint density at radius 1 is 1.38 bits per heavy atom. The Morgan fingerprint density at radius 2 is 2.06 bits per heavy atom. The zero-order valence-electron chi connectivity index (χ0n) is 9.87. The highest BCUT2D eigenvalue weighted by atomic mass is 32.2. The summed E-state index contributed by atoms with van der Waals surface area (Å²) in [5, 5.41) is 3.32. The topological polar surface area (TPSA) is 46.2 Å². The number of sulfone groups is 1. The average molecular weight is 239 g/mol. The Kier molecular flexibility index (Phi) is 2.70. The molecule has 1 unspecified atom stereocenters. The van der Waals surface area contributed by atoms with Crippen LogP contribution in [-0.4, -0.2) is 20.2 Å². The van der Waals surface area contributed by atoms with E-state index in [1.54, 1.807) is 6.07 Å². The van der Waals surface area contributed by atoms with Crippen molar-refractivity contribution in [2.75, 3.05) is 11.1 Å². The molecule has 1 N–H and O–H groups in total. The lowest BCUT2D eigenvalue weighted by Gasteiger charge is -2.27. The number of nitrogens with one attached hydrogen (secondary N) is 1. The second-order valence-electron chi connectivity index (χ2n) is 4.49. The van der Waals surface area contributed by atoms with Crippen LogP contribution in [0.25, 0.3) is 0 Å². The van der Waals surface area contributed by atoms with Gasteiger partial charge in [-0.2, -0.15) is 0 Å². The Hall–Kier alpha value is -1.03. The van der Waals surface area contributed by atoms with E-state index in [0.717, 1.165) is 23.2 Å². The van der Waals surface area contributed by atoms with Crippen molar-refractivity contribution >= 4 is 15.5 Å². The van der Waals surface area contributed by atoms with Gasteiger partial charge in [0.1, 0.15) is 0 Å². The quantitative estimate of drug-likeness (QED) is 0.818. The number of hydrogen-bond donors (Lipinski definition) is 1. The van der Waals surface area contributed by atoms with Crippen molar-refractivity contribution in [2.24, 2.45) is 0 Å². The van der Waals surface area contributed by atoms with Crippen molar-refractivity contribution in [1.29, 1.82) is 0 Å². The summed E-state index contributed by atoms with van der Waals surface area (Å²) in [7, 11) is -3.11. The number of benzene rings is 1. The molecule has 0 fully saturated rings. The molecule has 1 aliphatic rings. The fourth-order valence-corrected chi connectivity index (χ4v) is 4.10. The Morgan fingerprint density at radius 3 is 2.69 bits per heavy atom. The van der Waals surface area contributed by atoms with E-state index in [4.69, 9.17) is 0 Å². The van der Waals surface area contributed by atoms with Gasteiger partial charge in [-0.1, -0.05) is 13.0 Å². The summed E-state index contributed by atoms with van der Waals surface area (Å²) < 4.78 is 24.2. The van der Waals surface area contributed by atoms with Crippen molar-refractivity contribution in [3.63, 3.8) is 0 Å². The molecular weight excluding hydrogens is 222 g/mol. The van der Waals surface area contributed by atoms with Gasteiger partial charge in [-0.3, -0.25) is 0 Å². The highest BCUT2D eigenvalue weighted by Gasteiger charge is 2.30. The molecule has 0 amide bonds. The molecule has 0 aliphatic carbocycles. The first-order valence-electron chi connectivity index (χ1n) is 5.54. The predicted molar refractivity (Wildman–Crippen MR) is 65.7 cm³/mol. The number of anilines is 1. The van der Waals surface area contributed by atoms with E-state index in [9.17, 15) is 8.42 Å². The zero-order chi connectivity index (χ0) is 11.9. The molecule has 0 aromatic heterocycles. The van der Waals surface area contributed by atoms with Gasteiger partial charge in [-0.25, -0.2) is 8.42 Å². The standard InChI is InChI=1S/C12H17NO2S/c1-4-10-7-16(14,15)11-6-8(2)5-9(3)12(11)13-10/h5-6,10,13H,4,7H2,1-3H3. The van der Waals surface area contributed by atoms with Crippen LogP contribution in [0.3, 0.4) is 0 Å². The largest absolute Gasteiger partial charge is 0.380 e. The Bertz CT molecular complexity index is 520. The molecule has 1 aliphatic heterocycles. The van der Waals surface area contributed by atoms with Crippen molar-refractivity contribution < 1.29 is 8.42 Å². The first-order valence-corrected chi connectivity index (χ1v) is 7.20. The normalized spacial score (nSPS) is 22.3. The van der Waals surface area contributed by atoms with Crippen LogP contribution in [0.15, 0.2) is 17.0 Å². The molecule has 0 saturated heterocycles. The molecule has 1 aromatic rings. The van der Waals surface area contributed by atoms with Crippen LogP contribution in [0, 0.1) is 13.8 Å². The summed E-state index contributed by atoms with van der Waals surface area (Å²) in [6.07, 6.45) is 0.825. The van der Waals surface area contributed by atoms with Crippen LogP contribution < -0.4 is 5.32 Å². The van der Waals surface area contributed by atoms with E-state index < -0.39 is 9.84 Å². The van der Waals surface area contributed by atoms with Crippen LogP contribution in [0.5, 0.6) is 0 Å². The third kappa shape index (κ3) is 1.82. The molecule has 1 atom stereocenters. The second-order valence-corrected chi connectivity index (χ2v) is 6.49. The maximum Gasteiger partial charge on any atom is 0.182 e. The number of rotatable bonds is 1. The minimum atomic E-state index is -3.11. The van der Waals surface area contributed by atoms with Crippen LogP contribution in [-0.2, 0) is 9.84 Å². The van der Waals surface area contributed by atoms with E-state index in [1.807, 2.05) is 26.8 Å². The molecule has 16 heavy (non-hydrogen) atoms. The SMILES string of the molecule is CCC1CS(=O)(=O)c2cc(C)cc(C)c2N1. The Labute approximate surface area is 96.8 Å². The molecule has 0 saturated carbocycles. The van der Waals surface area contributed by atoms with Gasteiger partial charge in [0.25, 0.3) is 0 Å². The highest BCUT2D eigenvalue weighted by molar-refractivity contribution is 7.91. The molecule has 0 bridgehead atoms. The van der Waals surface area contributed by atoms with Gasteiger partial charge >= 0.3 is 0 Å². The highest BCUT2D eigenvalue weighted by Crippen LogP contribution is 2.33. The van der Waals surface area contributed by atoms with E-state index in [2.05, 4.69) is 5.32 Å². The number of hydrogen-bond acceptors (Lipinski definition) is 3. The minimum Gasteiger partial charge on any atom is -0.380 e. The summed E-state index contributed by atoms with van der Waals surface area (Å²) in [5.74, 6) is 0.208. The van der Waals surface area contributed by atoms with E-state index in [1.165, 1.54) is 0 Å². The molecule has 0 spiro atoms. The van der Waals surface area contributed by atoms with Crippen LogP contribution in [0.2, 0.25) is 0 Å². The molecule has 1 heterocycles. The molecule has 1 aromatic carbocycles. The van der Waals surface area contributed by atoms with Gasteiger partial charge in [0, 0.05) is 6.04 Å². The third-order valence-electron chi connectivity index (χ3n) is 3.04. The molecular formula is C12H17NO2S. The van der Waals surface area contributed by atoms with Gasteiger partial charge in [0.05, 0.1) is 16.3 Å². The lowest BCUT2D eigenvalue weighted by molar-refractivity contribution is 0.583. The number of fused-ring (bicyclic) bond motifs is 1. The monoisotopic (exact) mass is 239 g/mol. The Balaban J connectivity index is 2.64. The summed E-state index contributed by atoms with van der Waals surface area (Å²) in [4.78, 5) is 0.467. The van der Waals surface area contributed by atoms with Crippen molar-refractivity contribution in [3.8, 4) is 0 Å². The lowest BCUT2D eigenvalue weighted by Crippen LogP contribution is -2.34. The second kappa shape index (κ2) is 3.77. The van der Waals surface area contributed by atoms with Gasteiger partial charge in [0.15, 0.2) is 9.84 Å². The fraction of sp³-hybridized carbons (Fsp3) is 0.500. The average Bonchev–Trinajstić information content (AvgIpc) is 2.18. The first kappa shape index (κ1) is 11.5. The van der Waals surface area contributed by atoms with E-state index >= 15 is 0 Å². The maximum atomic E-state index is 12.1. The number of aryl methyl sites for hydroxylation is 2. The van der Waals surface area contributed by atoms with Crippen LogP contribution in [0.1, 0.15) is 24.5 Å². The van der Waals surface area contributed by atoms with Crippen molar-refractivity contribution in [1.82, 2.24) is 0 Å². The minimum absolute atomic E-state index is 0.0407. The predicted octanol–water partition coefficient (Wildman–Crippen LogP) is 2.28. The smallest absolute Gasteiger partial charge is 0.182 e. The zero-order valence-corrected chi connectivity index (χ0v) is 10.7. The molecule has 3 nitrogen and oxygen atoms in total. The first-order chi connectivity index (χ1) is 7.44. The molecule has 2 rings (SSSR count). The van der Waals surface area contributed by atoms with Crippen LogP contribution in [0.4, 0.5) is 5.69 Å². The molecule has 88 valence electrons. The summed E-state index contributed by atoms with van der Waals surface area (Å²) >= 11 is 0. The molecule has 4 heteroatoms. The summed E-state index contributed by atoms with van der Waals surface area (Å²) in [6, 6.07) is 3.81. The summed E-state index contributed by atoms with van der Waals surface area (Å²) in [6.45, 7) is 5.88. The van der Waals surface area contributed by atoms with E-state index in [-0.39, 0.29) is 11.8 Å². The van der Waals surface area contributed by atoms with Gasteiger partial charge in [-0.05, 0) is 37.5 Å². The fourth-order valence-electron chi connectivity index (χ4n) is 2.18. The third-order valence-corrected chi connectivity index (χ3v) is 4.87. The van der Waals surface area contributed by atoms with Crippen LogP contribution >= 0.6 is 0 Å². The summed E-state index contributed by atoms with van der Waals surface area (Å²) in [5.41, 5.74) is 2.80. The molecule has 0 radical (unpaired) electrons. The van der Waals surface area contributed by atoms with E-state index in [0.29, 0.717) is 4.90 Å². The van der Waals surface area contributed by atoms with Gasteiger partial charge in [0.2, 0.25) is 0 Å². The lowest BCUT2D eigenvalue weighted by atomic mass is 10.1. The van der Waals surface area contributed by atoms with Gasteiger partial charge in [-0.15, -0.1) is 0 Å². The van der Waals surface area contributed by atoms with Gasteiger partial charge < -0.3 is 5.32 Å².